The minimum atomic E-state index is -4.34. The number of urea groups is 2. The molecule has 0 aromatic heterocycles. The standard InChI is InChI=1S/C22H27N3O2.C20H22F3N3O2/c26-21(11-8-17-6-7-17)24-12-3-13-25(15-14-24)22(27)23-20-10-9-18-4-1-2-5-19(18)16-20;21-20(22,23)9-8-18(27)25-10-3-11-26(13-12-25)19(28)24-17-7-6-15-4-1-2-5-16(15)14-17/h1-2,4-5,9-10,16-17H,3,6-8,11-15H2,(H,23,27);1-2,4-7,14H,3,8-13H2,(H,24,28). The summed E-state index contributed by atoms with van der Waals surface area (Å²) in [4.78, 5) is 56.4. The number of rotatable bonds is 7. The molecule has 4 aromatic carbocycles. The van der Waals surface area contributed by atoms with Gasteiger partial charge in [0.05, 0.1) is 6.42 Å². The van der Waals surface area contributed by atoms with Crippen molar-refractivity contribution < 1.29 is 32.3 Å². The number of alkyl halides is 3. The number of benzene rings is 4. The number of nitrogens with one attached hydrogen (secondary N) is 2. The maximum Gasteiger partial charge on any atom is 0.389 e. The van der Waals surface area contributed by atoms with E-state index in [1.54, 1.807) is 4.90 Å². The lowest BCUT2D eigenvalue weighted by molar-refractivity contribution is -0.149. The maximum atomic E-state index is 12.7. The van der Waals surface area contributed by atoms with Gasteiger partial charge in [0.15, 0.2) is 0 Å². The minimum Gasteiger partial charge on any atom is -0.341 e. The lowest BCUT2D eigenvalue weighted by Crippen LogP contribution is -2.39. The summed E-state index contributed by atoms with van der Waals surface area (Å²) in [5.41, 5.74) is 1.48. The molecule has 0 spiro atoms. The zero-order valence-corrected chi connectivity index (χ0v) is 31.0. The average molecular weight is 759 g/mol. The SMILES string of the molecule is O=C(CCC(F)(F)F)N1CCCN(C(=O)Nc2ccc3ccccc3c2)CC1.O=C(CCC1CC1)N1CCCN(C(=O)Nc2ccc3ccccc3c2)CC1. The summed E-state index contributed by atoms with van der Waals surface area (Å²) in [5, 5.41) is 10.2. The Balaban J connectivity index is 0.000000187. The monoisotopic (exact) mass is 758 g/mol. The van der Waals surface area contributed by atoms with Gasteiger partial charge in [-0.3, -0.25) is 9.59 Å². The lowest BCUT2D eigenvalue weighted by Gasteiger charge is -2.23. The van der Waals surface area contributed by atoms with E-state index in [0.29, 0.717) is 51.3 Å². The van der Waals surface area contributed by atoms with Crippen LogP contribution in [-0.2, 0) is 9.59 Å². The Bertz CT molecular complexity index is 1970. The molecule has 0 radical (unpaired) electrons. The van der Waals surface area contributed by atoms with Gasteiger partial charge in [-0.1, -0.05) is 73.5 Å². The van der Waals surface area contributed by atoms with Crippen molar-refractivity contribution >= 4 is 56.8 Å². The zero-order chi connectivity index (χ0) is 38.8. The predicted molar refractivity (Wildman–Crippen MR) is 209 cm³/mol. The van der Waals surface area contributed by atoms with Crippen molar-refractivity contribution in [2.75, 3.05) is 63.0 Å². The van der Waals surface area contributed by atoms with Crippen LogP contribution in [0.1, 0.15) is 51.4 Å². The van der Waals surface area contributed by atoms with Gasteiger partial charge >= 0.3 is 18.2 Å². The van der Waals surface area contributed by atoms with Crippen molar-refractivity contribution in [2.24, 2.45) is 5.92 Å². The molecule has 13 heteroatoms. The Morgan fingerprint density at radius 1 is 0.545 bits per heavy atom. The molecule has 6 amide bonds. The van der Waals surface area contributed by atoms with Gasteiger partial charge in [-0.25, -0.2) is 9.59 Å². The molecule has 2 heterocycles. The van der Waals surface area contributed by atoms with Crippen molar-refractivity contribution in [3.63, 3.8) is 0 Å². The van der Waals surface area contributed by atoms with Crippen LogP contribution in [0.4, 0.5) is 34.1 Å². The molecule has 7 rings (SSSR count). The number of hydrogen-bond acceptors (Lipinski definition) is 4. The second-order valence-electron chi connectivity index (χ2n) is 14.5. The van der Waals surface area contributed by atoms with Gasteiger partial charge in [0.2, 0.25) is 11.8 Å². The van der Waals surface area contributed by atoms with E-state index in [9.17, 15) is 32.3 Å². The summed E-state index contributed by atoms with van der Waals surface area (Å²) in [5.74, 6) is 0.512. The minimum absolute atomic E-state index is 0.0856. The quantitative estimate of drug-likeness (QED) is 0.198. The molecular weight excluding hydrogens is 709 g/mol. The number of nitrogens with zero attached hydrogens (tertiary/aromatic N) is 4. The number of halogens is 3. The fraction of sp³-hybridized carbons (Fsp3) is 0.429. The third kappa shape index (κ3) is 11.8. The van der Waals surface area contributed by atoms with E-state index < -0.39 is 24.9 Å². The third-order valence-corrected chi connectivity index (χ3v) is 10.4. The van der Waals surface area contributed by atoms with Gasteiger partial charge in [0, 0.05) is 76.6 Å². The zero-order valence-electron chi connectivity index (χ0n) is 31.0. The van der Waals surface area contributed by atoms with Gasteiger partial charge in [-0.15, -0.1) is 0 Å². The smallest absolute Gasteiger partial charge is 0.341 e. The highest BCUT2D eigenvalue weighted by Crippen LogP contribution is 2.33. The molecule has 0 bridgehead atoms. The van der Waals surface area contributed by atoms with E-state index in [2.05, 4.69) is 16.7 Å². The van der Waals surface area contributed by atoms with Crippen molar-refractivity contribution in [3.8, 4) is 0 Å². The van der Waals surface area contributed by atoms with Gasteiger partial charge in [0.1, 0.15) is 0 Å². The molecular formula is C42H49F3N6O4. The average Bonchev–Trinajstić information content (AvgIpc) is 4.05. The molecule has 1 saturated carbocycles. The summed E-state index contributed by atoms with van der Waals surface area (Å²) < 4.78 is 36.9. The lowest BCUT2D eigenvalue weighted by atomic mass is 10.1. The first kappa shape index (κ1) is 39.4. The van der Waals surface area contributed by atoms with Crippen LogP contribution in [0.2, 0.25) is 0 Å². The number of carbonyl (C=O) groups is 4. The molecule has 0 atom stereocenters. The first-order chi connectivity index (χ1) is 26.5. The Kier molecular flexibility index (Phi) is 13.1. The molecule has 0 unspecified atom stereocenters. The second kappa shape index (κ2) is 18.3. The van der Waals surface area contributed by atoms with Gasteiger partial charge < -0.3 is 30.2 Å². The van der Waals surface area contributed by atoms with Gasteiger partial charge in [0.25, 0.3) is 0 Å². The predicted octanol–water partition coefficient (Wildman–Crippen LogP) is 8.34. The van der Waals surface area contributed by atoms with Gasteiger partial charge in [-0.05, 0) is 71.0 Å². The van der Waals surface area contributed by atoms with E-state index in [1.165, 1.54) is 17.7 Å². The van der Waals surface area contributed by atoms with Crippen molar-refractivity contribution in [1.82, 2.24) is 19.6 Å². The highest BCUT2D eigenvalue weighted by Gasteiger charge is 2.30. The highest BCUT2D eigenvalue weighted by atomic mass is 19.4. The number of hydrogen-bond donors (Lipinski definition) is 2. The summed E-state index contributed by atoms with van der Waals surface area (Å²) in [7, 11) is 0. The molecule has 2 saturated heterocycles. The van der Waals surface area contributed by atoms with Crippen molar-refractivity contribution in [1.29, 1.82) is 0 Å². The topological polar surface area (TPSA) is 105 Å². The van der Waals surface area contributed by atoms with Crippen LogP contribution in [0.25, 0.3) is 21.5 Å². The summed E-state index contributed by atoms with van der Waals surface area (Å²) >= 11 is 0. The van der Waals surface area contributed by atoms with Crippen LogP contribution in [0.5, 0.6) is 0 Å². The Hall–Kier alpha value is -5.33. The van der Waals surface area contributed by atoms with Crippen LogP contribution < -0.4 is 10.6 Å². The molecule has 292 valence electrons. The molecule has 1 aliphatic carbocycles. The summed E-state index contributed by atoms with van der Waals surface area (Å²) in [6.07, 6.45) is -0.376. The molecule has 10 nitrogen and oxygen atoms in total. The maximum absolute atomic E-state index is 12.7. The van der Waals surface area contributed by atoms with Crippen LogP contribution in [0, 0.1) is 5.92 Å². The van der Waals surface area contributed by atoms with Crippen molar-refractivity contribution in [3.05, 3.63) is 84.9 Å². The first-order valence-electron chi connectivity index (χ1n) is 19.2. The third-order valence-electron chi connectivity index (χ3n) is 10.4. The highest BCUT2D eigenvalue weighted by molar-refractivity contribution is 5.94. The van der Waals surface area contributed by atoms with Crippen LogP contribution >= 0.6 is 0 Å². The molecule has 2 aliphatic heterocycles. The first-order valence-corrected chi connectivity index (χ1v) is 19.2. The Morgan fingerprint density at radius 2 is 0.964 bits per heavy atom. The van der Waals surface area contributed by atoms with E-state index in [1.807, 2.05) is 88.7 Å². The largest absolute Gasteiger partial charge is 0.389 e. The van der Waals surface area contributed by atoms with Gasteiger partial charge in [-0.2, -0.15) is 13.2 Å². The van der Waals surface area contributed by atoms with Crippen molar-refractivity contribution in [2.45, 2.75) is 57.5 Å². The Labute approximate surface area is 319 Å². The number of carbonyl (C=O) groups excluding carboxylic acids is 4. The number of anilines is 2. The summed E-state index contributed by atoms with van der Waals surface area (Å²) in [6.45, 7) is 4.00. The molecule has 55 heavy (non-hydrogen) atoms. The van der Waals surface area contributed by atoms with Crippen LogP contribution in [0.15, 0.2) is 84.9 Å². The van der Waals surface area contributed by atoms with Crippen LogP contribution in [0.3, 0.4) is 0 Å². The molecule has 3 fully saturated rings. The molecule has 3 aliphatic rings. The normalized spacial score (nSPS) is 16.5. The van der Waals surface area contributed by atoms with Crippen LogP contribution in [-0.4, -0.2) is 102 Å². The summed E-state index contributed by atoms with van der Waals surface area (Å²) in [6, 6.07) is 27.2. The molecule has 4 aromatic rings. The second-order valence-corrected chi connectivity index (χ2v) is 14.5. The number of fused-ring (bicyclic) bond motifs is 2. The fourth-order valence-corrected chi connectivity index (χ4v) is 6.98. The van der Waals surface area contributed by atoms with E-state index in [-0.39, 0.29) is 31.1 Å². The van der Waals surface area contributed by atoms with E-state index in [0.717, 1.165) is 52.5 Å². The van der Waals surface area contributed by atoms with E-state index >= 15 is 0 Å². The number of amides is 6. The fourth-order valence-electron chi connectivity index (χ4n) is 6.98. The Morgan fingerprint density at radius 3 is 1.42 bits per heavy atom. The molecule has 2 N–H and O–H groups in total. The van der Waals surface area contributed by atoms with E-state index in [4.69, 9.17) is 0 Å².